The second-order valence-corrected chi connectivity index (χ2v) is 9.57. The number of piperidine rings is 1. The molecule has 0 radical (unpaired) electrons. The van der Waals surface area contributed by atoms with Gasteiger partial charge < -0.3 is 26.2 Å². The van der Waals surface area contributed by atoms with Gasteiger partial charge in [-0.2, -0.15) is 0 Å². The molecule has 1 aromatic rings. The van der Waals surface area contributed by atoms with Crippen molar-refractivity contribution in [2.75, 3.05) is 27.2 Å². The van der Waals surface area contributed by atoms with Crippen LogP contribution < -0.4 is 17.0 Å². The van der Waals surface area contributed by atoms with Crippen molar-refractivity contribution in [3.63, 3.8) is 0 Å². The average molecular weight is 430 g/mol. The van der Waals surface area contributed by atoms with E-state index in [1.165, 1.54) is 23.3 Å². The Hall–Kier alpha value is -0.390. The monoisotopic (exact) mass is 429 g/mol. The lowest BCUT2D eigenvalue weighted by Gasteiger charge is -2.39. The average Bonchev–Trinajstić information content (AvgIpc) is 3.20. The van der Waals surface area contributed by atoms with Crippen molar-refractivity contribution in [1.29, 1.82) is 0 Å². The molecule has 1 saturated heterocycles. The fourth-order valence-corrected chi connectivity index (χ4v) is 5.44. The Morgan fingerprint density at radius 1 is 1.20 bits per heavy atom. The van der Waals surface area contributed by atoms with Crippen LogP contribution in [0.25, 0.3) is 0 Å². The Morgan fingerprint density at radius 3 is 2.32 bits per heavy atom. The Bertz CT molecular complexity index is 584. The summed E-state index contributed by atoms with van der Waals surface area (Å²) in [6.45, 7) is 6.44. The number of aryl methyl sites for hydroxylation is 1. The number of nitrogens with zero attached hydrogens (tertiary/aromatic N) is 1. The van der Waals surface area contributed by atoms with Crippen LogP contribution in [0.3, 0.4) is 0 Å². The predicted molar refractivity (Wildman–Crippen MR) is 99.3 cm³/mol. The Morgan fingerprint density at radius 2 is 1.80 bits per heavy atom. The van der Waals surface area contributed by atoms with Gasteiger partial charge >= 0.3 is 5.97 Å². The normalized spacial score (nSPS) is 23.7. The molecule has 1 aliphatic carbocycles. The van der Waals surface area contributed by atoms with E-state index in [0.29, 0.717) is 5.92 Å². The number of hydrogen-bond acceptors (Lipinski definition) is 3. The second-order valence-electron chi connectivity index (χ2n) is 8.66. The molecule has 2 fully saturated rings. The number of carbonyl (C=O) groups excluding carboxylic acids is 1. The molecule has 0 amide bonds. The number of hydrogen-bond donors (Lipinski definition) is 0. The highest BCUT2D eigenvalue weighted by molar-refractivity contribution is 7.10. The zero-order valence-corrected chi connectivity index (χ0v) is 18.4. The summed E-state index contributed by atoms with van der Waals surface area (Å²) in [7, 11) is 4.52. The molecule has 1 aliphatic heterocycles. The Balaban J connectivity index is 0.00000225. The van der Waals surface area contributed by atoms with Crippen molar-refractivity contribution in [3.8, 4) is 0 Å². The van der Waals surface area contributed by atoms with Gasteiger partial charge in [0.05, 0.1) is 27.2 Å². The van der Waals surface area contributed by atoms with E-state index in [0.717, 1.165) is 43.3 Å². The lowest BCUT2D eigenvalue weighted by Crippen LogP contribution is -3.00. The highest BCUT2D eigenvalue weighted by atomic mass is 79.9. The Kier molecular flexibility index (Phi) is 6.77. The molecule has 0 bridgehead atoms. The van der Waals surface area contributed by atoms with E-state index in [2.05, 4.69) is 39.4 Å². The van der Waals surface area contributed by atoms with Crippen molar-refractivity contribution in [2.45, 2.75) is 63.9 Å². The first-order valence-corrected chi connectivity index (χ1v) is 10.3. The van der Waals surface area contributed by atoms with Crippen LogP contribution in [0.2, 0.25) is 0 Å². The third-order valence-electron chi connectivity index (χ3n) is 6.22. The summed E-state index contributed by atoms with van der Waals surface area (Å²) in [6, 6.07) is 2.20. The molecule has 1 saturated carbocycles. The van der Waals surface area contributed by atoms with Gasteiger partial charge in [0.1, 0.15) is 11.5 Å². The predicted octanol–water partition coefficient (Wildman–Crippen LogP) is 1.29. The van der Waals surface area contributed by atoms with Gasteiger partial charge in [0, 0.05) is 17.7 Å². The van der Waals surface area contributed by atoms with E-state index in [-0.39, 0.29) is 29.1 Å². The molecule has 2 heterocycles. The van der Waals surface area contributed by atoms with E-state index >= 15 is 0 Å². The second kappa shape index (κ2) is 8.10. The number of quaternary nitrogens is 1. The van der Waals surface area contributed by atoms with Gasteiger partial charge in [-0.25, -0.2) is 0 Å². The van der Waals surface area contributed by atoms with Crippen LogP contribution in [-0.2, 0) is 14.9 Å². The fourth-order valence-electron chi connectivity index (χ4n) is 4.31. The first-order valence-electron chi connectivity index (χ1n) is 9.40. The van der Waals surface area contributed by atoms with Crippen molar-refractivity contribution in [1.82, 2.24) is 0 Å². The number of carbonyl (C=O) groups is 1. The first-order chi connectivity index (χ1) is 11.3. The quantitative estimate of drug-likeness (QED) is 0.532. The van der Waals surface area contributed by atoms with Gasteiger partial charge in [0.2, 0.25) is 0 Å². The van der Waals surface area contributed by atoms with E-state index in [4.69, 9.17) is 4.74 Å². The van der Waals surface area contributed by atoms with Gasteiger partial charge in [-0.05, 0) is 49.6 Å². The summed E-state index contributed by atoms with van der Waals surface area (Å²) in [5.41, 5.74) is 0.792. The molecule has 3 nitrogen and oxygen atoms in total. The Labute approximate surface area is 167 Å². The van der Waals surface area contributed by atoms with Crippen LogP contribution in [-0.4, -0.2) is 43.7 Å². The highest BCUT2D eigenvalue weighted by Crippen LogP contribution is 2.45. The molecule has 142 valence electrons. The van der Waals surface area contributed by atoms with Crippen molar-refractivity contribution in [2.24, 2.45) is 5.92 Å². The first kappa shape index (κ1) is 20.9. The fraction of sp³-hybridized carbons (Fsp3) is 0.750. The lowest BCUT2D eigenvalue weighted by molar-refractivity contribution is -0.896. The van der Waals surface area contributed by atoms with Crippen LogP contribution in [0.4, 0.5) is 0 Å². The highest BCUT2D eigenvalue weighted by Gasteiger charge is 2.47. The van der Waals surface area contributed by atoms with Gasteiger partial charge in [0.15, 0.2) is 0 Å². The van der Waals surface area contributed by atoms with E-state index < -0.39 is 5.41 Å². The maximum absolute atomic E-state index is 13.3. The molecule has 0 spiro atoms. The van der Waals surface area contributed by atoms with Gasteiger partial charge in [-0.3, -0.25) is 4.79 Å². The molecule has 1 aromatic heterocycles. The van der Waals surface area contributed by atoms with Gasteiger partial charge in [-0.15, -0.1) is 11.3 Å². The largest absolute Gasteiger partial charge is 1.00 e. The number of ether oxygens (including phenoxy) is 1. The SMILES string of the molecule is Cc1csc(C(C)(C(=O)OC2CC[N+](C)(C)CC2)C2CCCC2)c1.[Br-]. The summed E-state index contributed by atoms with van der Waals surface area (Å²) in [6.07, 6.45) is 6.87. The summed E-state index contributed by atoms with van der Waals surface area (Å²) in [4.78, 5) is 14.5. The zero-order chi connectivity index (χ0) is 17.4. The summed E-state index contributed by atoms with van der Waals surface area (Å²) in [5, 5.41) is 2.16. The molecule has 1 atom stereocenters. The third kappa shape index (κ3) is 4.48. The lowest BCUT2D eigenvalue weighted by atomic mass is 9.74. The molecule has 0 N–H and O–H groups in total. The molecular formula is C20H32BrNO2S. The molecule has 1 unspecified atom stereocenters. The molecule has 0 aromatic carbocycles. The minimum absolute atomic E-state index is 0. The van der Waals surface area contributed by atoms with Crippen LogP contribution in [0.1, 0.15) is 55.9 Å². The zero-order valence-electron chi connectivity index (χ0n) is 16.0. The van der Waals surface area contributed by atoms with Crippen molar-refractivity contribution in [3.05, 3.63) is 21.9 Å². The maximum atomic E-state index is 13.3. The van der Waals surface area contributed by atoms with Gasteiger partial charge in [0.25, 0.3) is 0 Å². The molecule has 25 heavy (non-hydrogen) atoms. The van der Waals surface area contributed by atoms with Crippen LogP contribution in [0, 0.1) is 12.8 Å². The molecule has 5 heteroatoms. The number of thiophene rings is 1. The minimum Gasteiger partial charge on any atom is -1.00 e. The third-order valence-corrected chi connectivity index (χ3v) is 7.51. The summed E-state index contributed by atoms with van der Waals surface area (Å²) >= 11 is 1.73. The standard InChI is InChI=1S/C20H32NO2S.BrH/c1-15-13-18(24-14-15)20(2,16-7-5-6-8-16)19(22)23-17-9-11-21(3,4)12-10-17;/h13-14,16-17H,5-12H2,1-4H3;1H/q+1;/p-1. The summed E-state index contributed by atoms with van der Waals surface area (Å²) in [5.74, 6) is 0.451. The summed E-state index contributed by atoms with van der Waals surface area (Å²) < 4.78 is 7.12. The molecule has 2 aliphatic rings. The number of rotatable bonds is 4. The maximum Gasteiger partial charge on any atom is 0.317 e. The minimum atomic E-state index is -0.461. The van der Waals surface area contributed by atoms with Crippen LogP contribution in [0.15, 0.2) is 11.4 Å². The van der Waals surface area contributed by atoms with Crippen LogP contribution >= 0.6 is 11.3 Å². The molecule has 3 rings (SSSR count). The van der Waals surface area contributed by atoms with E-state index in [9.17, 15) is 4.79 Å². The van der Waals surface area contributed by atoms with E-state index in [1.807, 2.05) is 0 Å². The number of esters is 1. The van der Waals surface area contributed by atoms with Crippen LogP contribution in [0.5, 0.6) is 0 Å². The molecular weight excluding hydrogens is 398 g/mol. The number of likely N-dealkylation sites (tertiary alicyclic amines) is 1. The van der Waals surface area contributed by atoms with Gasteiger partial charge in [-0.1, -0.05) is 12.8 Å². The van der Waals surface area contributed by atoms with Crippen molar-refractivity contribution >= 4 is 17.3 Å². The smallest absolute Gasteiger partial charge is 0.317 e. The number of halogens is 1. The topological polar surface area (TPSA) is 26.3 Å². The van der Waals surface area contributed by atoms with E-state index in [1.54, 1.807) is 11.3 Å². The van der Waals surface area contributed by atoms with Crippen molar-refractivity contribution < 1.29 is 31.0 Å².